The van der Waals surface area contributed by atoms with Crippen LogP contribution < -0.4 is 5.73 Å². The first-order valence-electron chi connectivity index (χ1n) is 5.24. The van der Waals surface area contributed by atoms with E-state index in [1.54, 1.807) is 6.07 Å². The van der Waals surface area contributed by atoms with E-state index in [2.05, 4.69) is 0 Å². The molecular formula is C12H16ClNO. The lowest BCUT2D eigenvalue weighted by atomic mass is 9.70. The molecule has 0 spiro atoms. The van der Waals surface area contributed by atoms with E-state index in [-0.39, 0.29) is 11.3 Å². The van der Waals surface area contributed by atoms with Crippen molar-refractivity contribution in [2.45, 2.75) is 38.6 Å². The van der Waals surface area contributed by atoms with E-state index in [0.717, 1.165) is 29.5 Å². The van der Waals surface area contributed by atoms with Crippen LogP contribution in [0.15, 0.2) is 6.07 Å². The maximum Gasteiger partial charge on any atom is 0.134 e. The minimum atomic E-state index is -0.217. The molecule has 1 aliphatic carbocycles. The zero-order chi connectivity index (χ0) is 11.2. The fourth-order valence-corrected chi connectivity index (χ4v) is 2.66. The minimum absolute atomic E-state index is 0.151. The van der Waals surface area contributed by atoms with Gasteiger partial charge in [-0.25, -0.2) is 0 Å². The molecule has 0 atom stereocenters. The molecule has 15 heavy (non-hydrogen) atoms. The van der Waals surface area contributed by atoms with Gasteiger partial charge in [0.05, 0.1) is 5.02 Å². The van der Waals surface area contributed by atoms with Gasteiger partial charge in [0.15, 0.2) is 0 Å². The summed E-state index contributed by atoms with van der Waals surface area (Å²) in [6, 6.07) is 1.71. The molecule has 0 aromatic heterocycles. The van der Waals surface area contributed by atoms with Gasteiger partial charge in [0, 0.05) is 5.54 Å². The second-order valence-corrected chi connectivity index (χ2v) is 4.91. The number of nitrogens with two attached hydrogens (primary N) is 1. The molecule has 82 valence electrons. The SMILES string of the molecule is Cc1cc(O)c(Cl)c(C)c1C1(N)CCC1. The predicted molar refractivity (Wildman–Crippen MR) is 62.3 cm³/mol. The molecule has 0 radical (unpaired) electrons. The topological polar surface area (TPSA) is 46.2 Å². The number of hydrogen-bond donors (Lipinski definition) is 2. The summed E-state index contributed by atoms with van der Waals surface area (Å²) in [5.74, 6) is 0.151. The molecule has 0 unspecified atom stereocenters. The number of aryl methyl sites for hydroxylation is 1. The lowest BCUT2D eigenvalue weighted by molar-refractivity contribution is 0.251. The van der Waals surface area contributed by atoms with Gasteiger partial charge in [0.2, 0.25) is 0 Å². The largest absolute Gasteiger partial charge is 0.506 e. The standard InChI is InChI=1S/C12H16ClNO/c1-7-6-9(15)11(13)8(2)10(7)12(14)4-3-5-12/h6,15H,3-5,14H2,1-2H3. The zero-order valence-electron chi connectivity index (χ0n) is 9.10. The van der Waals surface area contributed by atoms with E-state index in [1.165, 1.54) is 6.42 Å². The third kappa shape index (κ3) is 1.52. The highest BCUT2D eigenvalue weighted by Gasteiger charge is 2.37. The maximum atomic E-state index is 9.59. The first-order valence-corrected chi connectivity index (χ1v) is 5.61. The number of benzene rings is 1. The Balaban J connectivity index is 2.61. The van der Waals surface area contributed by atoms with E-state index in [1.807, 2.05) is 13.8 Å². The molecular weight excluding hydrogens is 210 g/mol. The highest BCUT2D eigenvalue weighted by molar-refractivity contribution is 6.32. The van der Waals surface area contributed by atoms with Gasteiger partial charge in [-0.2, -0.15) is 0 Å². The highest BCUT2D eigenvalue weighted by atomic mass is 35.5. The third-order valence-corrected chi connectivity index (χ3v) is 3.90. The lowest BCUT2D eigenvalue weighted by Crippen LogP contribution is -2.44. The Morgan fingerprint density at radius 2 is 2.00 bits per heavy atom. The molecule has 1 aliphatic rings. The van der Waals surface area contributed by atoms with Crippen molar-refractivity contribution >= 4 is 11.6 Å². The van der Waals surface area contributed by atoms with E-state index >= 15 is 0 Å². The van der Waals surface area contributed by atoms with E-state index < -0.39 is 0 Å². The number of phenols is 1. The summed E-state index contributed by atoms with van der Waals surface area (Å²) in [6.07, 6.45) is 3.19. The van der Waals surface area contributed by atoms with Gasteiger partial charge >= 0.3 is 0 Å². The number of hydrogen-bond acceptors (Lipinski definition) is 2. The van der Waals surface area contributed by atoms with Crippen LogP contribution >= 0.6 is 11.6 Å². The quantitative estimate of drug-likeness (QED) is 0.772. The van der Waals surface area contributed by atoms with Crippen LogP contribution in [0.3, 0.4) is 0 Å². The Kier molecular flexibility index (Phi) is 2.44. The molecule has 0 aliphatic heterocycles. The average molecular weight is 226 g/mol. The molecule has 1 saturated carbocycles. The monoisotopic (exact) mass is 225 g/mol. The van der Waals surface area contributed by atoms with Gasteiger partial charge in [-0.3, -0.25) is 0 Å². The molecule has 0 amide bonds. The first kappa shape index (κ1) is 10.8. The second-order valence-electron chi connectivity index (χ2n) is 4.54. The molecule has 2 rings (SSSR count). The number of halogens is 1. The van der Waals surface area contributed by atoms with Crippen LogP contribution in [-0.4, -0.2) is 5.11 Å². The summed E-state index contributed by atoms with van der Waals surface area (Å²) in [5.41, 5.74) is 9.18. The molecule has 0 saturated heterocycles. The van der Waals surface area contributed by atoms with Crippen molar-refractivity contribution in [2.24, 2.45) is 5.73 Å². The predicted octanol–water partition coefficient (Wildman–Crippen LogP) is 3.00. The summed E-state index contributed by atoms with van der Waals surface area (Å²) in [6.45, 7) is 3.91. The molecule has 1 aromatic rings. The van der Waals surface area contributed by atoms with Crippen LogP contribution in [-0.2, 0) is 5.54 Å². The lowest BCUT2D eigenvalue weighted by Gasteiger charge is -2.41. The summed E-state index contributed by atoms with van der Waals surface area (Å²) in [5, 5.41) is 10.0. The van der Waals surface area contributed by atoms with Crippen LogP contribution in [0.25, 0.3) is 0 Å². The highest BCUT2D eigenvalue weighted by Crippen LogP contribution is 2.44. The molecule has 3 heteroatoms. The molecule has 0 heterocycles. The molecule has 0 bridgehead atoms. The summed E-state index contributed by atoms with van der Waals surface area (Å²) < 4.78 is 0. The van der Waals surface area contributed by atoms with Gasteiger partial charge in [-0.1, -0.05) is 11.6 Å². The minimum Gasteiger partial charge on any atom is -0.506 e. The van der Waals surface area contributed by atoms with E-state index in [9.17, 15) is 5.11 Å². The van der Waals surface area contributed by atoms with Gasteiger partial charge in [0.25, 0.3) is 0 Å². The summed E-state index contributed by atoms with van der Waals surface area (Å²) >= 11 is 6.04. The van der Waals surface area contributed by atoms with Gasteiger partial charge in [-0.05, 0) is 55.9 Å². The van der Waals surface area contributed by atoms with Crippen molar-refractivity contribution < 1.29 is 5.11 Å². The third-order valence-electron chi connectivity index (χ3n) is 3.42. The van der Waals surface area contributed by atoms with Gasteiger partial charge in [0.1, 0.15) is 5.75 Å². The molecule has 2 nitrogen and oxygen atoms in total. The average Bonchev–Trinajstić information content (AvgIpc) is 2.11. The van der Waals surface area contributed by atoms with Crippen molar-refractivity contribution in [3.63, 3.8) is 0 Å². The Hall–Kier alpha value is -0.730. The van der Waals surface area contributed by atoms with Gasteiger partial charge in [-0.15, -0.1) is 0 Å². The van der Waals surface area contributed by atoms with Crippen LogP contribution in [0.2, 0.25) is 5.02 Å². The van der Waals surface area contributed by atoms with Crippen molar-refractivity contribution in [2.75, 3.05) is 0 Å². The van der Waals surface area contributed by atoms with Crippen molar-refractivity contribution in [1.82, 2.24) is 0 Å². The van der Waals surface area contributed by atoms with Crippen molar-refractivity contribution in [3.05, 3.63) is 27.8 Å². The molecule has 1 fully saturated rings. The smallest absolute Gasteiger partial charge is 0.134 e. The Morgan fingerprint density at radius 1 is 1.40 bits per heavy atom. The normalized spacial score (nSPS) is 18.7. The number of phenolic OH excluding ortho intramolecular Hbond substituents is 1. The summed E-state index contributed by atoms with van der Waals surface area (Å²) in [7, 11) is 0. The fraction of sp³-hybridized carbons (Fsp3) is 0.500. The van der Waals surface area contributed by atoms with Crippen LogP contribution in [0.4, 0.5) is 0 Å². The van der Waals surface area contributed by atoms with Crippen molar-refractivity contribution in [1.29, 1.82) is 0 Å². The molecule has 1 aromatic carbocycles. The van der Waals surface area contributed by atoms with E-state index in [4.69, 9.17) is 17.3 Å². The van der Waals surface area contributed by atoms with Crippen LogP contribution in [0, 0.1) is 13.8 Å². The summed E-state index contributed by atoms with van der Waals surface area (Å²) in [4.78, 5) is 0. The Morgan fingerprint density at radius 3 is 2.47 bits per heavy atom. The van der Waals surface area contributed by atoms with Crippen LogP contribution in [0.1, 0.15) is 36.0 Å². The first-order chi connectivity index (χ1) is 6.96. The second kappa shape index (κ2) is 3.39. The Bertz CT molecular complexity index is 411. The van der Waals surface area contributed by atoms with Crippen LogP contribution in [0.5, 0.6) is 5.75 Å². The van der Waals surface area contributed by atoms with Crippen molar-refractivity contribution in [3.8, 4) is 5.75 Å². The van der Waals surface area contributed by atoms with E-state index in [0.29, 0.717) is 5.02 Å². The number of rotatable bonds is 1. The number of aromatic hydroxyl groups is 1. The van der Waals surface area contributed by atoms with Gasteiger partial charge < -0.3 is 10.8 Å². The Labute approximate surface area is 95.1 Å². The molecule has 3 N–H and O–H groups in total. The fourth-order valence-electron chi connectivity index (χ4n) is 2.51. The maximum absolute atomic E-state index is 9.59. The zero-order valence-corrected chi connectivity index (χ0v) is 9.86.